The molecule has 4 atom stereocenters. The van der Waals surface area contributed by atoms with Gasteiger partial charge in [0.25, 0.3) is 6.43 Å². The largest absolute Gasteiger partial charge is 0.462 e. The van der Waals surface area contributed by atoms with E-state index in [0.29, 0.717) is 0 Å². The highest BCUT2D eigenvalue weighted by Gasteiger charge is 2.50. The molecule has 16 heteroatoms. The fraction of sp³-hybridized carbons (Fsp3) is 0.727. The van der Waals surface area contributed by atoms with Gasteiger partial charge in [-0.3, -0.25) is 18.7 Å². The number of nitrogen functional groups attached to an aromatic ring is 1. The topological polar surface area (TPSA) is 173 Å². The number of ether oxygens (including phenoxy) is 3. The Balaban J connectivity index is 2.26. The number of carbonyl (C=O) groups is 2. The minimum absolute atomic E-state index is 0.00139. The second kappa shape index (κ2) is 13.1. The van der Waals surface area contributed by atoms with E-state index in [4.69, 9.17) is 24.5 Å². The molecule has 1 aromatic rings. The average Bonchev–Trinajstić information content (AvgIpc) is 3.22. The Bertz CT molecular complexity index is 1050. The van der Waals surface area contributed by atoms with Gasteiger partial charge in [0.1, 0.15) is 24.1 Å². The van der Waals surface area contributed by atoms with Gasteiger partial charge in [0, 0.05) is 6.20 Å². The highest BCUT2D eigenvalue weighted by molar-refractivity contribution is 7.54. The lowest BCUT2D eigenvalue weighted by Crippen LogP contribution is -2.46. The lowest BCUT2D eigenvalue weighted by Gasteiger charge is -2.32. The van der Waals surface area contributed by atoms with E-state index < -0.39 is 74.5 Å². The first kappa shape index (κ1) is 31.8. The van der Waals surface area contributed by atoms with E-state index in [9.17, 15) is 27.7 Å². The molecule has 1 aliphatic heterocycles. The summed E-state index contributed by atoms with van der Waals surface area (Å²) in [6.45, 7) is 8.23. The van der Waals surface area contributed by atoms with Gasteiger partial charge in [-0.2, -0.15) is 4.98 Å². The first-order valence-corrected chi connectivity index (χ1v) is 13.7. The van der Waals surface area contributed by atoms with Crippen molar-refractivity contribution in [3.63, 3.8) is 0 Å². The first-order chi connectivity index (χ1) is 17.6. The van der Waals surface area contributed by atoms with Crippen molar-refractivity contribution in [1.29, 1.82) is 0 Å². The van der Waals surface area contributed by atoms with Crippen LogP contribution in [0, 0.1) is 0 Å². The quantitative estimate of drug-likeness (QED) is 0.234. The van der Waals surface area contributed by atoms with E-state index in [0.717, 1.165) is 4.57 Å². The zero-order chi connectivity index (χ0) is 28.8. The first-order valence-electron chi connectivity index (χ1n) is 12.1. The predicted molar refractivity (Wildman–Crippen MR) is 132 cm³/mol. The number of hydrogen-bond acceptors (Lipinski definition) is 10. The Morgan fingerprint density at radius 2 is 1.68 bits per heavy atom. The molecule has 0 unspecified atom stereocenters. The fourth-order valence-electron chi connectivity index (χ4n) is 3.52. The molecule has 216 valence electrons. The summed E-state index contributed by atoms with van der Waals surface area (Å²) >= 11 is 0. The van der Waals surface area contributed by atoms with Crippen molar-refractivity contribution in [2.75, 3.05) is 12.3 Å². The Morgan fingerprint density at radius 3 is 2.13 bits per heavy atom. The SMILES string of the molecule is CC(C)OC(=O)[C@H](C)NP(=O)(N[C@@H](C)C(=O)OC(C)C)OC[C@]1(C(F)F)CC[C@H](n2ccc(N)nc2=O)O1. The van der Waals surface area contributed by atoms with Crippen LogP contribution in [0.2, 0.25) is 0 Å². The number of nitrogens with two attached hydrogens (primary N) is 1. The van der Waals surface area contributed by atoms with Crippen LogP contribution in [0.1, 0.15) is 60.6 Å². The van der Waals surface area contributed by atoms with Gasteiger partial charge in [0.2, 0.25) is 0 Å². The van der Waals surface area contributed by atoms with Gasteiger partial charge in [-0.15, -0.1) is 0 Å². The van der Waals surface area contributed by atoms with Crippen LogP contribution in [0.3, 0.4) is 0 Å². The number of carbonyl (C=O) groups excluding carboxylic acids is 2. The van der Waals surface area contributed by atoms with Gasteiger partial charge < -0.3 is 24.5 Å². The van der Waals surface area contributed by atoms with Crippen LogP contribution in [-0.4, -0.2) is 64.4 Å². The Labute approximate surface area is 219 Å². The third kappa shape index (κ3) is 8.53. The Morgan fingerprint density at radius 1 is 1.16 bits per heavy atom. The van der Waals surface area contributed by atoms with Crippen molar-refractivity contribution >= 4 is 25.4 Å². The Kier molecular flexibility index (Phi) is 10.9. The molecule has 0 aliphatic carbocycles. The number of halogens is 2. The van der Waals surface area contributed by atoms with Crippen LogP contribution in [-0.2, 0) is 32.9 Å². The molecule has 2 rings (SSSR count). The summed E-state index contributed by atoms with van der Waals surface area (Å²) in [5.41, 5.74) is 2.44. The summed E-state index contributed by atoms with van der Waals surface area (Å²) in [6, 6.07) is -1.09. The lowest BCUT2D eigenvalue weighted by molar-refractivity contribution is -0.166. The van der Waals surface area contributed by atoms with Crippen molar-refractivity contribution in [3.05, 3.63) is 22.7 Å². The molecule has 1 saturated heterocycles. The molecule has 0 aromatic carbocycles. The summed E-state index contributed by atoms with van der Waals surface area (Å²) in [6.07, 6.45) is -4.15. The molecule has 0 bridgehead atoms. The number of esters is 2. The number of anilines is 1. The summed E-state index contributed by atoms with van der Waals surface area (Å²) in [5.74, 6) is -1.60. The molecule has 1 aliphatic rings. The summed E-state index contributed by atoms with van der Waals surface area (Å²) in [5, 5.41) is 4.87. The lowest BCUT2D eigenvalue weighted by atomic mass is 10.0. The van der Waals surface area contributed by atoms with Crippen LogP contribution in [0.15, 0.2) is 17.1 Å². The number of rotatable bonds is 13. The van der Waals surface area contributed by atoms with E-state index in [1.54, 1.807) is 27.7 Å². The van der Waals surface area contributed by atoms with Crippen molar-refractivity contribution in [2.24, 2.45) is 0 Å². The molecule has 13 nitrogen and oxygen atoms in total. The molecule has 0 saturated carbocycles. The van der Waals surface area contributed by atoms with E-state index >= 15 is 0 Å². The third-order valence-electron chi connectivity index (χ3n) is 5.37. The van der Waals surface area contributed by atoms with E-state index in [1.165, 1.54) is 26.1 Å². The minimum atomic E-state index is -4.38. The van der Waals surface area contributed by atoms with Crippen LogP contribution >= 0.6 is 7.67 Å². The molecule has 1 aromatic heterocycles. The molecule has 0 spiro atoms. The smallest absolute Gasteiger partial charge is 0.351 e. The normalized spacial score (nSPS) is 21.6. The number of nitrogens with zero attached hydrogens (tertiary/aromatic N) is 2. The maximum Gasteiger partial charge on any atom is 0.351 e. The van der Waals surface area contributed by atoms with E-state index in [1.807, 2.05) is 0 Å². The van der Waals surface area contributed by atoms with Gasteiger partial charge in [0.15, 0.2) is 5.60 Å². The molecule has 0 radical (unpaired) electrons. The zero-order valence-corrected chi connectivity index (χ0v) is 23.1. The van der Waals surface area contributed by atoms with Gasteiger partial charge in [0.05, 0.1) is 18.8 Å². The van der Waals surface area contributed by atoms with Crippen molar-refractivity contribution in [3.8, 4) is 0 Å². The van der Waals surface area contributed by atoms with Crippen molar-refractivity contribution in [2.45, 2.75) is 96.9 Å². The number of hydrogen-bond donors (Lipinski definition) is 3. The number of nitrogens with one attached hydrogen (secondary N) is 2. The average molecular weight is 568 g/mol. The summed E-state index contributed by atoms with van der Waals surface area (Å²) < 4.78 is 64.5. The number of aromatic nitrogens is 2. The molecule has 4 N–H and O–H groups in total. The fourth-order valence-corrected chi connectivity index (χ4v) is 5.38. The van der Waals surface area contributed by atoms with Gasteiger partial charge >= 0.3 is 25.3 Å². The molecule has 2 heterocycles. The van der Waals surface area contributed by atoms with E-state index in [2.05, 4.69) is 15.2 Å². The highest BCUT2D eigenvalue weighted by Crippen LogP contribution is 2.46. The predicted octanol–water partition coefficient (Wildman–Crippen LogP) is 2.12. The summed E-state index contributed by atoms with van der Waals surface area (Å²) in [7, 11) is -4.38. The third-order valence-corrected chi connectivity index (χ3v) is 7.32. The van der Waals surface area contributed by atoms with Crippen LogP contribution < -0.4 is 21.6 Å². The Hall–Kier alpha value is -2.45. The van der Waals surface area contributed by atoms with Gasteiger partial charge in [-0.25, -0.2) is 23.7 Å². The molecule has 1 fully saturated rings. The monoisotopic (exact) mass is 567 g/mol. The summed E-state index contributed by atoms with van der Waals surface area (Å²) in [4.78, 5) is 40.4. The maximum absolute atomic E-state index is 14.3. The molecule has 38 heavy (non-hydrogen) atoms. The molecule has 0 amide bonds. The minimum Gasteiger partial charge on any atom is -0.462 e. The van der Waals surface area contributed by atoms with Crippen molar-refractivity contribution < 1.29 is 41.7 Å². The zero-order valence-electron chi connectivity index (χ0n) is 22.2. The molecular formula is C22H36F2N5O8P. The number of alkyl halides is 2. The standard InChI is InChI=1S/C22H36F2N5O8P/c1-12(2)35-18(30)14(5)27-38(33,28-15(6)19(31)36-13(3)4)34-11-22(20(23)24)9-7-17(37-22)29-10-8-16(25)26-21(29)32/h8,10,12-15,17,20H,7,9,11H2,1-6H3,(H2,25,26,32)(H2,27,28,33)/t14-,15-,17+,22-/m0/s1. The second-order valence-corrected chi connectivity index (χ2v) is 11.4. The van der Waals surface area contributed by atoms with E-state index in [-0.39, 0.29) is 18.7 Å². The van der Waals surface area contributed by atoms with Crippen LogP contribution in [0.5, 0.6) is 0 Å². The highest BCUT2D eigenvalue weighted by atomic mass is 31.2. The molecular weight excluding hydrogens is 531 g/mol. The van der Waals surface area contributed by atoms with Crippen LogP contribution in [0.25, 0.3) is 0 Å². The van der Waals surface area contributed by atoms with Gasteiger partial charge in [-0.1, -0.05) is 0 Å². The van der Waals surface area contributed by atoms with Gasteiger partial charge in [-0.05, 0) is 60.5 Å². The van der Waals surface area contributed by atoms with Crippen LogP contribution in [0.4, 0.5) is 14.6 Å². The van der Waals surface area contributed by atoms with Crippen molar-refractivity contribution in [1.82, 2.24) is 19.7 Å². The maximum atomic E-state index is 14.3. The second-order valence-electron chi connectivity index (χ2n) is 9.52.